The number of rotatable bonds is 5. The Kier molecular flexibility index (Phi) is 5.66. The first-order valence-corrected chi connectivity index (χ1v) is 9.50. The fourth-order valence-corrected chi connectivity index (χ4v) is 3.09. The van der Waals surface area contributed by atoms with Crippen LogP contribution in [-0.4, -0.2) is 38.5 Å². The number of halogens is 2. The molecule has 154 valence electrons. The molecule has 0 aliphatic rings. The van der Waals surface area contributed by atoms with Crippen molar-refractivity contribution in [1.29, 1.82) is 0 Å². The van der Waals surface area contributed by atoms with Crippen LogP contribution in [0.2, 0.25) is 0 Å². The van der Waals surface area contributed by atoms with Crippen molar-refractivity contribution in [3.05, 3.63) is 36.4 Å². The van der Waals surface area contributed by atoms with Gasteiger partial charge in [-0.3, -0.25) is 14.2 Å². The van der Waals surface area contributed by atoms with E-state index in [0.717, 1.165) is 5.56 Å². The van der Waals surface area contributed by atoms with Crippen molar-refractivity contribution in [2.45, 2.75) is 26.3 Å². The summed E-state index contributed by atoms with van der Waals surface area (Å²) in [6, 6.07) is 4.61. The number of methoxy groups -OCH3 is 1. The van der Waals surface area contributed by atoms with Gasteiger partial charge in [0.05, 0.1) is 35.8 Å². The predicted octanol–water partition coefficient (Wildman–Crippen LogP) is 4.03. The standard InChI is InChI=1S/C20H23ClFN5O2/c1-20(2,3)27-16(8-15(25-27)12-10-23-26(4)11-12)19-14(22)6-13(7-17(19)29-5)24-18(28)9-21/h6-8,10-11H,9H2,1-5H3,(H,24,28). The molecule has 29 heavy (non-hydrogen) atoms. The second-order valence-corrected chi connectivity index (χ2v) is 7.88. The van der Waals surface area contributed by atoms with Gasteiger partial charge in [-0.25, -0.2) is 4.39 Å². The summed E-state index contributed by atoms with van der Waals surface area (Å²) in [5.74, 6) is -0.924. The molecule has 1 aromatic carbocycles. The van der Waals surface area contributed by atoms with E-state index in [1.807, 2.05) is 34.0 Å². The highest BCUT2D eigenvalue weighted by Crippen LogP contribution is 2.39. The van der Waals surface area contributed by atoms with Gasteiger partial charge in [-0.05, 0) is 32.9 Å². The molecule has 0 radical (unpaired) electrons. The van der Waals surface area contributed by atoms with E-state index in [1.165, 1.54) is 13.2 Å². The third-order valence-corrected chi connectivity index (χ3v) is 4.52. The number of hydrogen-bond acceptors (Lipinski definition) is 4. The average molecular weight is 420 g/mol. The summed E-state index contributed by atoms with van der Waals surface area (Å²) in [5, 5.41) is 11.4. The lowest BCUT2D eigenvalue weighted by molar-refractivity contribution is -0.113. The Morgan fingerprint density at radius 1 is 1.31 bits per heavy atom. The maximum Gasteiger partial charge on any atom is 0.239 e. The van der Waals surface area contributed by atoms with Crippen molar-refractivity contribution >= 4 is 23.2 Å². The highest BCUT2D eigenvalue weighted by Gasteiger charge is 2.26. The van der Waals surface area contributed by atoms with Gasteiger partial charge in [-0.2, -0.15) is 10.2 Å². The Morgan fingerprint density at radius 2 is 2.03 bits per heavy atom. The molecule has 0 fully saturated rings. The number of ether oxygens (including phenoxy) is 1. The zero-order valence-electron chi connectivity index (χ0n) is 17.0. The number of nitrogens with zero attached hydrogens (tertiary/aromatic N) is 4. The van der Waals surface area contributed by atoms with Gasteiger partial charge in [0.1, 0.15) is 17.4 Å². The van der Waals surface area contributed by atoms with Crippen molar-refractivity contribution in [2.75, 3.05) is 18.3 Å². The fraction of sp³-hybridized carbons (Fsp3) is 0.350. The third-order valence-electron chi connectivity index (χ3n) is 4.28. The zero-order chi connectivity index (χ0) is 21.3. The molecule has 0 aliphatic carbocycles. The molecule has 0 saturated heterocycles. The summed E-state index contributed by atoms with van der Waals surface area (Å²) in [4.78, 5) is 11.6. The van der Waals surface area contributed by atoms with Crippen molar-refractivity contribution in [3.63, 3.8) is 0 Å². The van der Waals surface area contributed by atoms with Crippen LogP contribution in [0.4, 0.5) is 10.1 Å². The number of carbonyl (C=O) groups excluding carboxylic acids is 1. The van der Waals surface area contributed by atoms with E-state index < -0.39 is 17.3 Å². The normalized spacial score (nSPS) is 11.6. The van der Waals surface area contributed by atoms with E-state index in [4.69, 9.17) is 21.4 Å². The Morgan fingerprint density at radius 3 is 2.59 bits per heavy atom. The largest absolute Gasteiger partial charge is 0.496 e. The van der Waals surface area contributed by atoms with E-state index in [9.17, 15) is 4.79 Å². The number of amides is 1. The summed E-state index contributed by atoms with van der Waals surface area (Å²) < 4.78 is 24.1. The first-order chi connectivity index (χ1) is 13.6. The quantitative estimate of drug-likeness (QED) is 0.633. The van der Waals surface area contributed by atoms with Gasteiger partial charge in [0.2, 0.25) is 5.91 Å². The number of anilines is 1. The first-order valence-electron chi connectivity index (χ1n) is 8.97. The monoisotopic (exact) mass is 419 g/mol. The van der Waals surface area contributed by atoms with Crippen molar-refractivity contribution < 1.29 is 13.9 Å². The second-order valence-electron chi connectivity index (χ2n) is 7.62. The van der Waals surface area contributed by atoms with Gasteiger partial charge in [-0.15, -0.1) is 11.6 Å². The fourth-order valence-electron chi connectivity index (χ4n) is 3.02. The minimum atomic E-state index is -0.544. The zero-order valence-corrected chi connectivity index (χ0v) is 17.7. The summed E-state index contributed by atoms with van der Waals surface area (Å²) >= 11 is 5.52. The number of nitrogens with one attached hydrogen (secondary N) is 1. The van der Waals surface area contributed by atoms with Crippen LogP contribution in [0.1, 0.15) is 20.8 Å². The molecular formula is C20H23ClFN5O2. The van der Waals surface area contributed by atoms with Gasteiger partial charge >= 0.3 is 0 Å². The topological polar surface area (TPSA) is 74.0 Å². The molecule has 1 amide bonds. The maximum absolute atomic E-state index is 15.2. The first kappa shape index (κ1) is 20.9. The number of benzene rings is 1. The van der Waals surface area contributed by atoms with Gasteiger partial charge in [-0.1, -0.05) is 0 Å². The molecule has 7 nitrogen and oxygen atoms in total. The van der Waals surface area contributed by atoms with Crippen LogP contribution >= 0.6 is 11.6 Å². The summed E-state index contributed by atoms with van der Waals surface area (Å²) in [7, 11) is 3.27. The van der Waals surface area contributed by atoms with Gasteiger partial charge in [0.25, 0.3) is 0 Å². The molecule has 2 heterocycles. The van der Waals surface area contributed by atoms with Crippen LogP contribution in [0.25, 0.3) is 22.5 Å². The molecule has 1 N–H and O–H groups in total. The van der Waals surface area contributed by atoms with E-state index in [0.29, 0.717) is 11.4 Å². The van der Waals surface area contributed by atoms with Gasteiger partial charge in [0, 0.05) is 30.6 Å². The van der Waals surface area contributed by atoms with Crippen LogP contribution < -0.4 is 10.1 Å². The Hall–Kier alpha value is -2.87. The van der Waals surface area contributed by atoms with E-state index >= 15 is 4.39 Å². The molecule has 0 atom stereocenters. The number of hydrogen-bond donors (Lipinski definition) is 1. The number of alkyl halides is 1. The van der Waals surface area contributed by atoms with Gasteiger partial charge < -0.3 is 10.1 Å². The van der Waals surface area contributed by atoms with E-state index in [1.54, 1.807) is 27.7 Å². The van der Waals surface area contributed by atoms with Gasteiger partial charge in [0.15, 0.2) is 0 Å². The molecule has 0 aliphatic heterocycles. The van der Waals surface area contributed by atoms with E-state index in [2.05, 4.69) is 10.4 Å². The molecule has 0 spiro atoms. The highest BCUT2D eigenvalue weighted by molar-refractivity contribution is 6.29. The Balaban J connectivity index is 2.18. The molecule has 9 heteroatoms. The van der Waals surface area contributed by atoms with Crippen LogP contribution in [0.3, 0.4) is 0 Å². The number of aromatic nitrogens is 4. The summed E-state index contributed by atoms with van der Waals surface area (Å²) in [6.45, 7) is 5.95. The molecular weight excluding hydrogens is 397 g/mol. The highest BCUT2D eigenvalue weighted by atomic mass is 35.5. The molecule has 3 aromatic rings. The second kappa shape index (κ2) is 7.87. The lowest BCUT2D eigenvalue weighted by Gasteiger charge is -2.23. The minimum Gasteiger partial charge on any atom is -0.496 e. The minimum absolute atomic E-state index is 0.225. The lowest BCUT2D eigenvalue weighted by Crippen LogP contribution is -2.24. The summed E-state index contributed by atoms with van der Waals surface area (Å²) in [6.07, 6.45) is 3.55. The smallest absolute Gasteiger partial charge is 0.239 e. The number of carbonyl (C=O) groups is 1. The molecule has 3 rings (SSSR count). The van der Waals surface area contributed by atoms with Crippen LogP contribution in [-0.2, 0) is 17.4 Å². The maximum atomic E-state index is 15.2. The SMILES string of the molecule is COc1cc(NC(=O)CCl)cc(F)c1-c1cc(-c2cnn(C)c2)nn1C(C)(C)C. The molecule has 0 bridgehead atoms. The summed E-state index contributed by atoms with van der Waals surface area (Å²) in [5.41, 5.74) is 2.16. The number of aryl methyl sites for hydroxylation is 1. The molecule has 0 saturated carbocycles. The Labute approximate surface area is 173 Å². The van der Waals surface area contributed by atoms with Crippen LogP contribution in [0.5, 0.6) is 5.75 Å². The van der Waals surface area contributed by atoms with E-state index in [-0.39, 0.29) is 22.9 Å². The van der Waals surface area contributed by atoms with Crippen molar-refractivity contribution in [1.82, 2.24) is 19.6 Å². The predicted molar refractivity (Wildman–Crippen MR) is 111 cm³/mol. The Bertz CT molecular complexity index is 1050. The average Bonchev–Trinajstić information content (AvgIpc) is 3.27. The van der Waals surface area contributed by atoms with Crippen LogP contribution in [0.15, 0.2) is 30.6 Å². The molecule has 0 unspecified atom stereocenters. The van der Waals surface area contributed by atoms with Crippen molar-refractivity contribution in [2.24, 2.45) is 7.05 Å². The third kappa shape index (κ3) is 4.27. The molecule has 2 aromatic heterocycles. The lowest BCUT2D eigenvalue weighted by atomic mass is 10.0. The van der Waals surface area contributed by atoms with Crippen molar-refractivity contribution in [3.8, 4) is 28.3 Å². The van der Waals surface area contributed by atoms with Crippen LogP contribution in [0, 0.1) is 5.82 Å².